The summed E-state index contributed by atoms with van der Waals surface area (Å²) in [5.41, 5.74) is 0.602. The first kappa shape index (κ1) is 9.09. The third kappa shape index (κ3) is 2.50. The van der Waals surface area contributed by atoms with Gasteiger partial charge in [-0.15, -0.1) is 0 Å². The van der Waals surface area contributed by atoms with E-state index in [9.17, 15) is 0 Å². The summed E-state index contributed by atoms with van der Waals surface area (Å²) in [6.07, 6.45) is 5.76. The van der Waals surface area contributed by atoms with E-state index in [1.807, 2.05) is 0 Å². The largest absolute Gasteiger partial charge is 0.0649 e. The highest BCUT2D eigenvalue weighted by molar-refractivity contribution is 4.81. The van der Waals surface area contributed by atoms with E-state index in [1.165, 1.54) is 25.7 Å². The standard InChI is InChI=1S/C11H22/c1-5-11(3,4)8-10-6-9(2)7-10/h9-10H,5-8H2,1-4H3. The molecule has 0 heterocycles. The second-order valence-corrected chi connectivity index (χ2v) is 5.16. The molecule has 0 N–H and O–H groups in total. The fraction of sp³-hybridized carbons (Fsp3) is 1.00. The van der Waals surface area contributed by atoms with E-state index in [2.05, 4.69) is 27.7 Å². The maximum Gasteiger partial charge on any atom is -0.0354 e. The molecule has 0 aromatic heterocycles. The zero-order chi connectivity index (χ0) is 8.48. The van der Waals surface area contributed by atoms with Crippen LogP contribution in [0.2, 0.25) is 0 Å². The first-order chi connectivity index (χ1) is 5.03. The Kier molecular flexibility index (Phi) is 2.61. The van der Waals surface area contributed by atoms with Crippen LogP contribution in [0.1, 0.15) is 53.4 Å². The Balaban J connectivity index is 2.21. The summed E-state index contributed by atoms with van der Waals surface area (Å²) < 4.78 is 0. The zero-order valence-electron chi connectivity index (χ0n) is 8.48. The van der Waals surface area contributed by atoms with Crippen molar-refractivity contribution in [3.05, 3.63) is 0 Å². The molecule has 1 fully saturated rings. The predicted octanol–water partition coefficient (Wildman–Crippen LogP) is 3.86. The van der Waals surface area contributed by atoms with Gasteiger partial charge in [0.05, 0.1) is 0 Å². The summed E-state index contributed by atoms with van der Waals surface area (Å²) >= 11 is 0. The molecule has 0 aromatic rings. The van der Waals surface area contributed by atoms with E-state index in [0.717, 1.165) is 11.8 Å². The lowest BCUT2D eigenvalue weighted by atomic mass is 9.68. The summed E-state index contributed by atoms with van der Waals surface area (Å²) in [6, 6.07) is 0. The highest BCUT2D eigenvalue weighted by atomic mass is 14.4. The Morgan fingerprint density at radius 2 is 1.82 bits per heavy atom. The van der Waals surface area contributed by atoms with Crippen LogP contribution in [0.4, 0.5) is 0 Å². The molecule has 1 aliphatic carbocycles. The Morgan fingerprint density at radius 3 is 2.18 bits per heavy atom. The van der Waals surface area contributed by atoms with Crippen LogP contribution in [-0.4, -0.2) is 0 Å². The van der Waals surface area contributed by atoms with Gasteiger partial charge in [0, 0.05) is 0 Å². The van der Waals surface area contributed by atoms with Crippen LogP contribution in [0.25, 0.3) is 0 Å². The van der Waals surface area contributed by atoms with Gasteiger partial charge in [-0.3, -0.25) is 0 Å². The number of rotatable bonds is 3. The normalized spacial score (nSPS) is 31.6. The van der Waals surface area contributed by atoms with Gasteiger partial charge in [0.15, 0.2) is 0 Å². The fourth-order valence-electron chi connectivity index (χ4n) is 2.16. The smallest absolute Gasteiger partial charge is 0.0354 e. The maximum absolute atomic E-state index is 2.40. The molecule has 1 saturated carbocycles. The van der Waals surface area contributed by atoms with Gasteiger partial charge in [-0.25, -0.2) is 0 Å². The van der Waals surface area contributed by atoms with Gasteiger partial charge >= 0.3 is 0 Å². The number of hydrogen-bond donors (Lipinski definition) is 0. The van der Waals surface area contributed by atoms with Crippen molar-refractivity contribution < 1.29 is 0 Å². The molecule has 0 saturated heterocycles. The minimum atomic E-state index is 0.602. The van der Waals surface area contributed by atoms with Crippen LogP contribution in [0.3, 0.4) is 0 Å². The van der Waals surface area contributed by atoms with Gasteiger partial charge in [-0.05, 0) is 36.5 Å². The van der Waals surface area contributed by atoms with E-state index >= 15 is 0 Å². The van der Waals surface area contributed by atoms with E-state index < -0.39 is 0 Å². The van der Waals surface area contributed by atoms with Crippen molar-refractivity contribution in [2.45, 2.75) is 53.4 Å². The summed E-state index contributed by atoms with van der Waals surface area (Å²) in [5, 5.41) is 0. The Hall–Kier alpha value is 0. The van der Waals surface area contributed by atoms with Gasteiger partial charge in [0.2, 0.25) is 0 Å². The highest BCUT2D eigenvalue weighted by Crippen LogP contribution is 2.41. The molecule has 66 valence electrons. The van der Waals surface area contributed by atoms with Crippen molar-refractivity contribution in [1.29, 1.82) is 0 Å². The molecule has 1 aliphatic rings. The fourth-order valence-corrected chi connectivity index (χ4v) is 2.16. The van der Waals surface area contributed by atoms with Crippen molar-refractivity contribution in [3.8, 4) is 0 Å². The number of hydrogen-bond acceptors (Lipinski definition) is 0. The molecule has 0 amide bonds. The average Bonchev–Trinajstić information content (AvgIpc) is 1.84. The van der Waals surface area contributed by atoms with Crippen molar-refractivity contribution in [3.63, 3.8) is 0 Å². The summed E-state index contributed by atoms with van der Waals surface area (Å²) in [6.45, 7) is 9.48. The lowest BCUT2D eigenvalue weighted by Crippen LogP contribution is -2.26. The first-order valence-electron chi connectivity index (χ1n) is 5.03. The molecule has 0 radical (unpaired) electrons. The Labute approximate surface area is 71.4 Å². The van der Waals surface area contributed by atoms with E-state index in [1.54, 1.807) is 0 Å². The monoisotopic (exact) mass is 154 g/mol. The molecule has 0 aliphatic heterocycles. The molecule has 1 rings (SSSR count). The Morgan fingerprint density at radius 1 is 1.27 bits per heavy atom. The summed E-state index contributed by atoms with van der Waals surface area (Å²) in [7, 11) is 0. The molecular weight excluding hydrogens is 132 g/mol. The van der Waals surface area contributed by atoms with E-state index in [0.29, 0.717) is 5.41 Å². The molecule has 0 heteroatoms. The van der Waals surface area contributed by atoms with Crippen molar-refractivity contribution in [2.24, 2.45) is 17.3 Å². The molecule has 0 aromatic carbocycles. The summed E-state index contributed by atoms with van der Waals surface area (Å²) in [5.74, 6) is 2.08. The third-order valence-electron chi connectivity index (χ3n) is 3.27. The highest BCUT2D eigenvalue weighted by Gasteiger charge is 2.30. The van der Waals surface area contributed by atoms with E-state index in [4.69, 9.17) is 0 Å². The van der Waals surface area contributed by atoms with Crippen LogP contribution in [0.15, 0.2) is 0 Å². The quantitative estimate of drug-likeness (QED) is 0.579. The lowest BCUT2D eigenvalue weighted by Gasteiger charge is -2.38. The van der Waals surface area contributed by atoms with Crippen LogP contribution in [0.5, 0.6) is 0 Å². The Bertz CT molecular complexity index is 118. The molecule has 0 bridgehead atoms. The minimum absolute atomic E-state index is 0.602. The van der Waals surface area contributed by atoms with Gasteiger partial charge in [-0.2, -0.15) is 0 Å². The van der Waals surface area contributed by atoms with Gasteiger partial charge in [0.1, 0.15) is 0 Å². The molecule has 0 spiro atoms. The van der Waals surface area contributed by atoms with Gasteiger partial charge in [-0.1, -0.05) is 34.1 Å². The van der Waals surface area contributed by atoms with Crippen molar-refractivity contribution >= 4 is 0 Å². The van der Waals surface area contributed by atoms with Crippen LogP contribution < -0.4 is 0 Å². The summed E-state index contributed by atoms with van der Waals surface area (Å²) in [4.78, 5) is 0. The second-order valence-electron chi connectivity index (χ2n) is 5.16. The lowest BCUT2D eigenvalue weighted by molar-refractivity contribution is 0.135. The molecular formula is C11H22. The molecule has 0 unspecified atom stereocenters. The average molecular weight is 154 g/mol. The predicted molar refractivity (Wildman–Crippen MR) is 50.6 cm³/mol. The van der Waals surface area contributed by atoms with Crippen LogP contribution >= 0.6 is 0 Å². The third-order valence-corrected chi connectivity index (χ3v) is 3.27. The van der Waals surface area contributed by atoms with Crippen LogP contribution in [-0.2, 0) is 0 Å². The molecule has 0 atom stereocenters. The first-order valence-corrected chi connectivity index (χ1v) is 5.03. The van der Waals surface area contributed by atoms with Crippen molar-refractivity contribution in [1.82, 2.24) is 0 Å². The zero-order valence-corrected chi connectivity index (χ0v) is 8.48. The van der Waals surface area contributed by atoms with E-state index in [-0.39, 0.29) is 0 Å². The SMILES string of the molecule is CCC(C)(C)CC1CC(C)C1. The molecule has 11 heavy (non-hydrogen) atoms. The topological polar surface area (TPSA) is 0 Å². The minimum Gasteiger partial charge on any atom is -0.0649 e. The second kappa shape index (κ2) is 3.16. The van der Waals surface area contributed by atoms with Crippen molar-refractivity contribution in [2.75, 3.05) is 0 Å². The van der Waals surface area contributed by atoms with Gasteiger partial charge in [0.25, 0.3) is 0 Å². The van der Waals surface area contributed by atoms with Crippen LogP contribution in [0, 0.1) is 17.3 Å². The molecule has 0 nitrogen and oxygen atoms in total. The van der Waals surface area contributed by atoms with Gasteiger partial charge < -0.3 is 0 Å². The maximum atomic E-state index is 2.40.